The van der Waals surface area contributed by atoms with Crippen LogP contribution in [-0.2, 0) is 4.79 Å². The molecular weight excluding hydrogens is 202 g/mol. The van der Waals surface area contributed by atoms with Gasteiger partial charge in [-0.3, -0.25) is 4.79 Å². The van der Waals surface area contributed by atoms with E-state index >= 15 is 0 Å². The van der Waals surface area contributed by atoms with Crippen LogP contribution in [0.4, 0.5) is 0 Å². The number of rotatable bonds is 4. The molecule has 0 aliphatic carbocycles. The van der Waals surface area contributed by atoms with E-state index in [1.165, 1.54) is 0 Å². The van der Waals surface area contributed by atoms with Gasteiger partial charge in [-0.15, -0.1) is 0 Å². The fourth-order valence-electron chi connectivity index (χ4n) is 1.95. The van der Waals surface area contributed by atoms with Gasteiger partial charge in [-0.05, 0) is 31.4 Å². The number of piperidine rings is 1. The van der Waals surface area contributed by atoms with E-state index in [4.69, 9.17) is 4.74 Å². The van der Waals surface area contributed by atoms with Crippen molar-refractivity contribution in [1.82, 2.24) is 5.32 Å². The van der Waals surface area contributed by atoms with E-state index < -0.39 is 0 Å². The van der Waals surface area contributed by atoms with Gasteiger partial charge in [0.05, 0.1) is 6.61 Å². The summed E-state index contributed by atoms with van der Waals surface area (Å²) in [6.45, 7) is 1.44. The van der Waals surface area contributed by atoms with Gasteiger partial charge >= 0.3 is 0 Å². The normalized spacial score (nSPS) is 20.2. The summed E-state index contributed by atoms with van der Waals surface area (Å²) < 4.78 is 5.58. The molecule has 3 heteroatoms. The second-order valence-electron chi connectivity index (χ2n) is 4.08. The van der Waals surface area contributed by atoms with Crippen molar-refractivity contribution in [2.24, 2.45) is 5.92 Å². The molecule has 0 spiro atoms. The van der Waals surface area contributed by atoms with Gasteiger partial charge < -0.3 is 10.1 Å². The largest absolute Gasteiger partial charge is 0.494 e. The Bertz CT molecular complexity index is 337. The average Bonchev–Trinajstić information content (AvgIpc) is 2.33. The predicted octanol–water partition coefficient (Wildman–Crippen LogP) is 1.98. The maximum absolute atomic E-state index is 11.5. The predicted molar refractivity (Wildman–Crippen MR) is 62.3 cm³/mol. The van der Waals surface area contributed by atoms with Gasteiger partial charge in [-0.2, -0.15) is 0 Å². The molecule has 2 rings (SSSR count). The number of carbonyl (C=O) groups excluding carboxylic acids is 1. The summed E-state index contributed by atoms with van der Waals surface area (Å²) in [4.78, 5) is 11.5. The third-order valence-corrected chi connectivity index (χ3v) is 2.88. The van der Waals surface area contributed by atoms with Gasteiger partial charge in [0.15, 0.2) is 0 Å². The van der Waals surface area contributed by atoms with Crippen molar-refractivity contribution in [3.05, 3.63) is 30.3 Å². The van der Waals surface area contributed by atoms with Gasteiger partial charge in [0.25, 0.3) is 0 Å². The highest BCUT2D eigenvalue weighted by atomic mass is 16.5. The molecule has 1 atom stereocenters. The molecule has 0 saturated carbocycles. The lowest BCUT2D eigenvalue weighted by molar-refractivity contribution is -0.127. The van der Waals surface area contributed by atoms with Gasteiger partial charge in [-0.25, -0.2) is 0 Å². The molecule has 1 saturated heterocycles. The summed E-state index contributed by atoms with van der Waals surface area (Å²) in [5.74, 6) is 1.19. The Labute approximate surface area is 95.8 Å². The summed E-state index contributed by atoms with van der Waals surface area (Å²) in [5.41, 5.74) is 0. The van der Waals surface area contributed by atoms with Crippen molar-refractivity contribution in [1.29, 1.82) is 0 Å². The number of amides is 1. The highest BCUT2D eigenvalue weighted by molar-refractivity contribution is 5.79. The minimum Gasteiger partial charge on any atom is -0.494 e. The topological polar surface area (TPSA) is 38.3 Å². The van der Waals surface area contributed by atoms with E-state index in [1.807, 2.05) is 30.3 Å². The van der Waals surface area contributed by atoms with Gasteiger partial charge in [0.2, 0.25) is 5.91 Å². The van der Waals surface area contributed by atoms with Crippen LogP contribution in [0, 0.1) is 5.92 Å². The summed E-state index contributed by atoms with van der Waals surface area (Å²) in [6.07, 6.45) is 2.88. The molecule has 1 unspecified atom stereocenters. The standard InChI is InChI=1S/C13H17NO2/c15-13-11(5-4-9-14-13)8-10-16-12-6-2-1-3-7-12/h1-3,6-7,11H,4-5,8-10H2,(H,14,15). The molecule has 1 aromatic rings. The molecule has 1 amide bonds. The third kappa shape index (κ3) is 2.99. The Kier molecular flexibility index (Phi) is 3.81. The van der Waals surface area contributed by atoms with Crippen LogP contribution in [0.5, 0.6) is 5.75 Å². The quantitative estimate of drug-likeness (QED) is 0.841. The second kappa shape index (κ2) is 5.54. The van der Waals surface area contributed by atoms with E-state index in [0.29, 0.717) is 6.61 Å². The van der Waals surface area contributed by atoms with Crippen LogP contribution in [-0.4, -0.2) is 19.1 Å². The van der Waals surface area contributed by atoms with Crippen molar-refractivity contribution in [3.63, 3.8) is 0 Å². The lowest BCUT2D eigenvalue weighted by Gasteiger charge is -2.21. The van der Waals surface area contributed by atoms with E-state index in [0.717, 1.165) is 31.6 Å². The van der Waals surface area contributed by atoms with Crippen LogP contribution < -0.4 is 10.1 Å². The summed E-state index contributed by atoms with van der Waals surface area (Å²) in [7, 11) is 0. The van der Waals surface area contributed by atoms with E-state index in [1.54, 1.807) is 0 Å². The van der Waals surface area contributed by atoms with Crippen molar-refractivity contribution in [3.8, 4) is 5.75 Å². The average molecular weight is 219 g/mol. The first-order chi connectivity index (χ1) is 7.86. The highest BCUT2D eigenvalue weighted by Crippen LogP contribution is 2.16. The lowest BCUT2D eigenvalue weighted by Crippen LogP contribution is -2.37. The van der Waals surface area contributed by atoms with Crippen molar-refractivity contribution in [2.75, 3.05) is 13.2 Å². The molecule has 0 aromatic heterocycles. The zero-order valence-corrected chi connectivity index (χ0v) is 9.32. The van der Waals surface area contributed by atoms with Gasteiger partial charge in [0, 0.05) is 12.5 Å². The molecule has 86 valence electrons. The van der Waals surface area contributed by atoms with E-state index in [-0.39, 0.29) is 11.8 Å². The van der Waals surface area contributed by atoms with Gasteiger partial charge in [-0.1, -0.05) is 18.2 Å². The maximum Gasteiger partial charge on any atom is 0.223 e. The number of carbonyl (C=O) groups is 1. The molecule has 1 aliphatic rings. The molecule has 3 nitrogen and oxygen atoms in total. The maximum atomic E-state index is 11.5. The Morgan fingerprint density at radius 1 is 1.31 bits per heavy atom. The molecule has 16 heavy (non-hydrogen) atoms. The zero-order valence-electron chi connectivity index (χ0n) is 9.32. The van der Waals surface area contributed by atoms with Crippen LogP contribution in [0.15, 0.2) is 30.3 Å². The molecular formula is C13H17NO2. The van der Waals surface area contributed by atoms with Crippen LogP contribution in [0.25, 0.3) is 0 Å². The zero-order chi connectivity index (χ0) is 11.2. The first-order valence-corrected chi connectivity index (χ1v) is 5.82. The first-order valence-electron chi connectivity index (χ1n) is 5.82. The van der Waals surface area contributed by atoms with Gasteiger partial charge in [0.1, 0.15) is 5.75 Å². The molecule has 1 heterocycles. The van der Waals surface area contributed by atoms with Crippen molar-refractivity contribution in [2.45, 2.75) is 19.3 Å². The van der Waals surface area contributed by atoms with Crippen LogP contribution >= 0.6 is 0 Å². The number of benzene rings is 1. The summed E-state index contributed by atoms with van der Waals surface area (Å²) >= 11 is 0. The number of hydrogen-bond acceptors (Lipinski definition) is 2. The summed E-state index contributed by atoms with van der Waals surface area (Å²) in [5, 5.41) is 2.89. The van der Waals surface area contributed by atoms with E-state index in [2.05, 4.69) is 5.32 Å². The molecule has 1 fully saturated rings. The Morgan fingerprint density at radius 3 is 2.88 bits per heavy atom. The molecule has 1 N–H and O–H groups in total. The number of nitrogens with one attached hydrogen (secondary N) is 1. The molecule has 1 aromatic carbocycles. The first kappa shape index (κ1) is 11.0. The second-order valence-corrected chi connectivity index (χ2v) is 4.08. The smallest absolute Gasteiger partial charge is 0.223 e. The van der Waals surface area contributed by atoms with Crippen LogP contribution in [0.1, 0.15) is 19.3 Å². The molecule has 0 bridgehead atoms. The van der Waals surface area contributed by atoms with Crippen LogP contribution in [0.3, 0.4) is 0 Å². The monoisotopic (exact) mass is 219 g/mol. The Hall–Kier alpha value is -1.51. The SMILES string of the molecule is O=C1NCCCC1CCOc1ccccc1. The third-order valence-electron chi connectivity index (χ3n) is 2.88. The van der Waals surface area contributed by atoms with Crippen molar-refractivity contribution < 1.29 is 9.53 Å². The number of para-hydroxylation sites is 1. The highest BCUT2D eigenvalue weighted by Gasteiger charge is 2.21. The minimum absolute atomic E-state index is 0.137. The Morgan fingerprint density at radius 2 is 2.12 bits per heavy atom. The fraction of sp³-hybridized carbons (Fsp3) is 0.462. The lowest BCUT2D eigenvalue weighted by atomic mass is 9.96. The fourth-order valence-corrected chi connectivity index (χ4v) is 1.95. The Balaban J connectivity index is 1.73. The number of ether oxygens (including phenoxy) is 1. The molecule has 1 aliphatic heterocycles. The minimum atomic E-state index is 0.137. The number of hydrogen-bond donors (Lipinski definition) is 1. The van der Waals surface area contributed by atoms with E-state index in [9.17, 15) is 4.79 Å². The van der Waals surface area contributed by atoms with Crippen LogP contribution in [0.2, 0.25) is 0 Å². The van der Waals surface area contributed by atoms with Crippen molar-refractivity contribution >= 4 is 5.91 Å². The molecule has 0 radical (unpaired) electrons. The summed E-state index contributed by atoms with van der Waals surface area (Å²) in [6, 6.07) is 9.72.